The van der Waals surface area contributed by atoms with Crippen molar-refractivity contribution in [3.8, 4) is 11.5 Å². The predicted octanol–water partition coefficient (Wildman–Crippen LogP) is 2.65. The molecule has 2 rings (SSSR count). The highest BCUT2D eigenvalue weighted by Crippen LogP contribution is 2.33. The average molecular weight is 275 g/mol. The van der Waals surface area contributed by atoms with Crippen LogP contribution in [0.15, 0.2) is 24.3 Å². The van der Waals surface area contributed by atoms with E-state index in [2.05, 4.69) is 16.1 Å². The molecular weight excluding hydrogens is 254 g/mol. The van der Waals surface area contributed by atoms with Crippen molar-refractivity contribution in [3.63, 3.8) is 0 Å². The molecule has 0 aliphatic heterocycles. The largest absolute Gasteiger partial charge is 0.493 e. The fourth-order valence-electron chi connectivity index (χ4n) is 2.25. The molecule has 108 valence electrons. The van der Waals surface area contributed by atoms with E-state index < -0.39 is 0 Å². The number of aromatic nitrogens is 2. The van der Waals surface area contributed by atoms with Crippen molar-refractivity contribution in [1.82, 2.24) is 9.55 Å². The maximum Gasteiger partial charge on any atom is 0.163 e. The van der Waals surface area contributed by atoms with Crippen molar-refractivity contribution < 1.29 is 9.47 Å². The van der Waals surface area contributed by atoms with E-state index in [0.717, 1.165) is 22.4 Å². The third-order valence-electron chi connectivity index (χ3n) is 3.12. The number of ether oxygens (including phenoxy) is 2. The van der Waals surface area contributed by atoms with Crippen LogP contribution >= 0.6 is 0 Å². The number of nitrogens with two attached hydrogens (primary N) is 1. The van der Waals surface area contributed by atoms with Crippen molar-refractivity contribution >= 4 is 11.0 Å². The molecule has 1 aromatic carbocycles. The van der Waals surface area contributed by atoms with Gasteiger partial charge in [0.2, 0.25) is 0 Å². The monoisotopic (exact) mass is 275 g/mol. The summed E-state index contributed by atoms with van der Waals surface area (Å²) in [4.78, 5) is 4.61. The molecule has 1 atom stereocenters. The zero-order valence-corrected chi connectivity index (χ0v) is 12.4. The number of fused-ring (bicyclic) bond motifs is 1. The molecule has 0 saturated heterocycles. The Hall–Kier alpha value is -2.01. The van der Waals surface area contributed by atoms with Gasteiger partial charge in [-0.3, -0.25) is 0 Å². The molecular formula is C15H21N3O2. The van der Waals surface area contributed by atoms with Gasteiger partial charge in [-0.1, -0.05) is 12.2 Å². The van der Waals surface area contributed by atoms with Crippen LogP contribution in [0.4, 0.5) is 0 Å². The molecule has 0 aliphatic rings. The number of hydrogen-bond acceptors (Lipinski definition) is 4. The molecule has 5 heteroatoms. The van der Waals surface area contributed by atoms with Crippen molar-refractivity contribution in [3.05, 3.63) is 30.1 Å². The minimum Gasteiger partial charge on any atom is -0.493 e. The maximum absolute atomic E-state index is 6.02. The summed E-state index contributed by atoms with van der Waals surface area (Å²) in [6.45, 7) is 8.56. The average Bonchev–Trinajstić information content (AvgIpc) is 2.74. The number of rotatable bonds is 5. The Morgan fingerprint density at radius 3 is 2.45 bits per heavy atom. The zero-order valence-electron chi connectivity index (χ0n) is 12.4. The van der Waals surface area contributed by atoms with Crippen molar-refractivity contribution in [1.29, 1.82) is 0 Å². The lowest BCUT2D eigenvalue weighted by atomic mass is 10.2. The van der Waals surface area contributed by atoms with Gasteiger partial charge in [0.25, 0.3) is 0 Å². The smallest absolute Gasteiger partial charge is 0.163 e. The summed E-state index contributed by atoms with van der Waals surface area (Å²) in [6.07, 6.45) is 0. The lowest BCUT2D eigenvalue weighted by molar-refractivity contribution is 0.355. The van der Waals surface area contributed by atoms with E-state index in [9.17, 15) is 0 Å². The molecule has 20 heavy (non-hydrogen) atoms. The van der Waals surface area contributed by atoms with Crippen molar-refractivity contribution in [2.24, 2.45) is 5.73 Å². The van der Waals surface area contributed by atoms with E-state index in [4.69, 9.17) is 15.2 Å². The van der Waals surface area contributed by atoms with Crippen LogP contribution < -0.4 is 15.2 Å². The molecule has 0 aliphatic carbocycles. The van der Waals surface area contributed by atoms with E-state index in [1.54, 1.807) is 14.2 Å². The van der Waals surface area contributed by atoms with Crippen LogP contribution in [0.1, 0.15) is 25.7 Å². The highest BCUT2D eigenvalue weighted by atomic mass is 16.5. The van der Waals surface area contributed by atoms with Gasteiger partial charge in [0, 0.05) is 18.7 Å². The van der Waals surface area contributed by atoms with Crippen LogP contribution in [0.25, 0.3) is 11.0 Å². The summed E-state index contributed by atoms with van der Waals surface area (Å²) in [5.74, 6) is 2.17. The summed E-state index contributed by atoms with van der Waals surface area (Å²) in [6, 6.07) is 3.64. The second kappa shape index (κ2) is 5.54. The van der Waals surface area contributed by atoms with E-state index in [1.165, 1.54) is 0 Å². The van der Waals surface area contributed by atoms with Crippen LogP contribution in [0, 0.1) is 0 Å². The Labute approximate surface area is 119 Å². The quantitative estimate of drug-likeness (QED) is 0.852. The van der Waals surface area contributed by atoms with Gasteiger partial charge >= 0.3 is 0 Å². The minimum atomic E-state index is -0.154. The highest BCUT2D eigenvalue weighted by molar-refractivity contribution is 5.81. The Bertz CT molecular complexity index is 644. The number of allylic oxidation sites excluding steroid dienone is 1. The van der Waals surface area contributed by atoms with Gasteiger partial charge in [-0.05, 0) is 13.8 Å². The third-order valence-corrected chi connectivity index (χ3v) is 3.12. The molecule has 0 fully saturated rings. The van der Waals surface area contributed by atoms with Crippen LogP contribution in [0.5, 0.6) is 11.5 Å². The Morgan fingerprint density at radius 2 is 1.95 bits per heavy atom. The van der Waals surface area contributed by atoms with E-state index in [0.29, 0.717) is 18.0 Å². The normalized spacial score (nSPS) is 12.4. The zero-order chi connectivity index (χ0) is 14.9. The third kappa shape index (κ3) is 2.49. The first-order valence-corrected chi connectivity index (χ1v) is 6.50. The molecule has 0 amide bonds. The summed E-state index contributed by atoms with van der Waals surface area (Å²) in [7, 11) is 3.23. The molecule has 1 aromatic heterocycles. The molecule has 2 N–H and O–H groups in total. The first kappa shape index (κ1) is 14.4. The van der Waals surface area contributed by atoms with Crippen molar-refractivity contribution in [2.45, 2.75) is 26.4 Å². The van der Waals surface area contributed by atoms with Gasteiger partial charge < -0.3 is 19.8 Å². The van der Waals surface area contributed by atoms with Gasteiger partial charge in [0.05, 0.1) is 31.3 Å². The molecule has 0 bridgehead atoms. The summed E-state index contributed by atoms with van der Waals surface area (Å²) in [5.41, 5.74) is 8.88. The number of methoxy groups -OCH3 is 2. The van der Waals surface area contributed by atoms with Gasteiger partial charge in [-0.15, -0.1) is 0 Å². The molecule has 1 unspecified atom stereocenters. The van der Waals surface area contributed by atoms with Crippen molar-refractivity contribution in [2.75, 3.05) is 14.2 Å². The molecule has 1 heterocycles. The maximum atomic E-state index is 6.02. The Kier molecular flexibility index (Phi) is 3.99. The van der Waals surface area contributed by atoms with E-state index in [-0.39, 0.29) is 6.04 Å². The van der Waals surface area contributed by atoms with Crippen LogP contribution in [0.3, 0.4) is 0 Å². The molecule has 0 spiro atoms. The van der Waals surface area contributed by atoms with Crippen LogP contribution in [-0.4, -0.2) is 23.8 Å². The van der Waals surface area contributed by atoms with Gasteiger partial charge in [0.15, 0.2) is 11.5 Å². The fraction of sp³-hybridized carbons (Fsp3) is 0.400. The lowest BCUT2D eigenvalue weighted by Gasteiger charge is -2.12. The fourth-order valence-corrected chi connectivity index (χ4v) is 2.25. The molecule has 2 aromatic rings. The first-order chi connectivity index (χ1) is 9.47. The SMILES string of the molecule is C=C(C)Cn1c(C(C)N)nc2cc(OC)c(OC)cc21. The van der Waals surface area contributed by atoms with Gasteiger partial charge in [-0.2, -0.15) is 0 Å². The first-order valence-electron chi connectivity index (χ1n) is 6.50. The minimum absolute atomic E-state index is 0.154. The second-order valence-electron chi connectivity index (χ2n) is 5.00. The van der Waals surface area contributed by atoms with Gasteiger partial charge in [-0.25, -0.2) is 4.98 Å². The second-order valence-corrected chi connectivity index (χ2v) is 5.00. The summed E-state index contributed by atoms with van der Waals surface area (Å²) in [5, 5.41) is 0. The van der Waals surface area contributed by atoms with E-state index in [1.807, 2.05) is 26.0 Å². The standard InChI is InChI=1S/C15H21N3O2/c1-9(2)8-18-12-7-14(20-5)13(19-4)6-11(12)17-15(18)10(3)16/h6-7,10H,1,8,16H2,2-5H3. The topological polar surface area (TPSA) is 62.3 Å². The Balaban J connectivity index is 2.71. The molecule has 0 radical (unpaired) electrons. The summed E-state index contributed by atoms with van der Waals surface area (Å²) >= 11 is 0. The number of imidazole rings is 1. The Morgan fingerprint density at radius 1 is 1.35 bits per heavy atom. The number of hydrogen-bond donors (Lipinski definition) is 1. The summed E-state index contributed by atoms with van der Waals surface area (Å²) < 4.78 is 12.7. The predicted molar refractivity (Wildman–Crippen MR) is 80.3 cm³/mol. The van der Waals surface area contributed by atoms with Crippen LogP contribution in [0.2, 0.25) is 0 Å². The highest BCUT2D eigenvalue weighted by Gasteiger charge is 2.17. The van der Waals surface area contributed by atoms with Gasteiger partial charge in [0.1, 0.15) is 5.82 Å². The number of benzene rings is 1. The number of nitrogens with zero attached hydrogens (tertiary/aromatic N) is 2. The van der Waals surface area contributed by atoms with E-state index >= 15 is 0 Å². The molecule has 5 nitrogen and oxygen atoms in total. The molecule has 0 saturated carbocycles. The van der Waals surface area contributed by atoms with Crippen LogP contribution in [-0.2, 0) is 6.54 Å². The lowest BCUT2D eigenvalue weighted by Crippen LogP contribution is -2.14.